The molecule has 0 spiro atoms. The van der Waals surface area contributed by atoms with Crippen molar-refractivity contribution in [2.45, 2.75) is 65.0 Å². The summed E-state index contributed by atoms with van der Waals surface area (Å²) >= 11 is 0. The van der Waals surface area contributed by atoms with Gasteiger partial charge < -0.3 is 24.6 Å². The van der Waals surface area contributed by atoms with E-state index in [1.165, 1.54) is 0 Å². The van der Waals surface area contributed by atoms with Crippen LogP contribution in [0.2, 0.25) is 0 Å². The fourth-order valence-electron chi connectivity index (χ4n) is 5.17. The molecule has 4 heterocycles. The number of anilines is 3. The Morgan fingerprint density at radius 1 is 1.05 bits per heavy atom. The Hall–Kier alpha value is -3.60. The number of nitrogens with one attached hydrogen (secondary N) is 1. The van der Waals surface area contributed by atoms with E-state index >= 15 is 4.39 Å². The second-order valence-electron chi connectivity index (χ2n) is 10.9. The van der Waals surface area contributed by atoms with Gasteiger partial charge in [-0.1, -0.05) is 0 Å². The predicted molar refractivity (Wildman–Crippen MR) is 148 cm³/mol. The second kappa shape index (κ2) is 11.5. The Kier molecular flexibility index (Phi) is 8.02. The SMILES string of the molecule is CC(C)Oc1nc(Nc2ncc(F)c(-c3cc(F)c4c(c3)N(C(C)C)CC(F)O4)n2)ccc1C1CCN(C)CC1. The highest BCUT2D eigenvalue weighted by atomic mass is 19.1. The summed E-state index contributed by atoms with van der Waals surface area (Å²) in [5, 5.41) is 3.04. The monoisotopic (exact) mass is 556 g/mol. The first-order valence-electron chi connectivity index (χ1n) is 13.7. The first-order valence-corrected chi connectivity index (χ1v) is 13.7. The molecule has 1 aromatic carbocycles. The molecule has 11 heteroatoms. The summed E-state index contributed by atoms with van der Waals surface area (Å²) in [6, 6.07) is 6.35. The van der Waals surface area contributed by atoms with Crippen LogP contribution in [0.4, 0.5) is 30.6 Å². The molecule has 5 rings (SSSR count). The molecule has 214 valence electrons. The van der Waals surface area contributed by atoms with Crippen molar-refractivity contribution < 1.29 is 22.6 Å². The third kappa shape index (κ3) is 5.94. The van der Waals surface area contributed by atoms with Gasteiger partial charge in [0.15, 0.2) is 17.4 Å². The molecule has 2 aromatic heterocycles. The number of ether oxygens (including phenoxy) is 2. The van der Waals surface area contributed by atoms with Crippen LogP contribution in [0.5, 0.6) is 11.6 Å². The van der Waals surface area contributed by atoms with Gasteiger partial charge in [0.1, 0.15) is 11.5 Å². The van der Waals surface area contributed by atoms with Crippen LogP contribution in [-0.2, 0) is 0 Å². The van der Waals surface area contributed by atoms with Crippen molar-refractivity contribution in [3.63, 3.8) is 0 Å². The molecule has 1 atom stereocenters. The van der Waals surface area contributed by atoms with Crippen LogP contribution < -0.4 is 19.7 Å². The third-order valence-corrected chi connectivity index (χ3v) is 7.20. The van der Waals surface area contributed by atoms with E-state index in [2.05, 4.69) is 27.2 Å². The molecule has 1 N–H and O–H groups in total. The summed E-state index contributed by atoms with van der Waals surface area (Å²) in [6.07, 6.45) is 1.33. The van der Waals surface area contributed by atoms with Crippen molar-refractivity contribution in [3.05, 3.63) is 47.7 Å². The van der Waals surface area contributed by atoms with Gasteiger partial charge in [-0.15, -0.1) is 0 Å². The minimum atomic E-state index is -1.66. The van der Waals surface area contributed by atoms with E-state index in [1.807, 2.05) is 39.8 Å². The van der Waals surface area contributed by atoms with Crippen LogP contribution in [-0.4, -0.2) is 65.0 Å². The van der Waals surface area contributed by atoms with Gasteiger partial charge in [-0.25, -0.2) is 18.7 Å². The molecular formula is C29H35F3N6O2. The van der Waals surface area contributed by atoms with Crippen LogP contribution in [0.15, 0.2) is 30.5 Å². The zero-order chi connectivity index (χ0) is 28.6. The van der Waals surface area contributed by atoms with Crippen LogP contribution in [0.25, 0.3) is 11.3 Å². The standard InChI is InChI=1S/C29H35F3N6O2/c1-16(2)38-15-24(32)40-27-21(30)12-19(13-23(27)38)26-22(31)14-33-29(36-26)35-25-7-6-20(28(34-25)39-17(3)4)18-8-10-37(5)11-9-18/h6-7,12-14,16-18,24H,8-11,15H2,1-5H3,(H,33,34,35,36). The van der Waals surface area contributed by atoms with Crippen molar-refractivity contribution in [1.82, 2.24) is 19.9 Å². The van der Waals surface area contributed by atoms with Crippen LogP contribution in [0.3, 0.4) is 0 Å². The number of piperidine rings is 1. The van der Waals surface area contributed by atoms with E-state index in [0.717, 1.165) is 43.8 Å². The molecule has 0 saturated carbocycles. The number of aromatic nitrogens is 3. The van der Waals surface area contributed by atoms with Gasteiger partial charge in [-0.3, -0.25) is 0 Å². The first-order chi connectivity index (χ1) is 19.1. The molecule has 0 amide bonds. The minimum absolute atomic E-state index is 0.0629. The van der Waals surface area contributed by atoms with E-state index in [9.17, 15) is 8.78 Å². The summed E-state index contributed by atoms with van der Waals surface area (Å²) in [4.78, 5) is 17.1. The zero-order valence-electron chi connectivity index (χ0n) is 23.4. The topological polar surface area (TPSA) is 75.6 Å². The van der Waals surface area contributed by atoms with E-state index in [-0.39, 0.29) is 41.6 Å². The first kappa shape index (κ1) is 27.9. The molecule has 8 nitrogen and oxygen atoms in total. The highest BCUT2D eigenvalue weighted by Crippen LogP contribution is 2.41. The highest BCUT2D eigenvalue weighted by molar-refractivity contribution is 5.73. The lowest BCUT2D eigenvalue weighted by molar-refractivity contribution is 0.0591. The minimum Gasteiger partial charge on any atom is -0.475 e. The Bertz CT molecular complexity index is 1360. The molecule has 1 unspecified atom stereocenters. The largest absolute Gasteiger partial charge is 0.475 e. The van der Waals surface area contributed by atoms with Gasteiger partial charge in [-0.2, -0.15) is 9.37 Å². The number of hydrogen-bond donors (Lipinski definition) is 1. The molecule has 0 radical (unpaired) electrons. The van der Waals surface area contributed by atoms with Crippen molar-refractivity contribution in [2.75, 3.05) is 36.9 Å². The van der Waals surface area contributed by atoms with Crippen LogP contribution >= 0.6 is 0 Å². The molecule has 1 saturated heterocycles. The van der Waals surface area contributed by atoms with Crippen LogP contribution in [0.1, 0.15) is 52.0 Å². The lowest BCUT2D eigenvalue weighted by atomic mass is 9.90. The Balaban J connectivity index is 1.45. The van der Waals surface area contributed by atoms with E-state index in [4.69, 9.17) is 14.5 Å². The molecule has 2 aliphatic rings. The van der Waals surface area contributed by atoms with Gasteiger partial charge in [0.25, 0.3) is 6.36 Å². The number of benzene rings is 1. The van der Waals surface area contributed by atoms with Crippen molar-refractivity contribution >= 4 is 17.5 Å². The summed E-state index contributed by atoms with van der Waals surface area (Å²) in [5.74, 6) is -0.296. The van der Waals surface area contributed by atoms with Gasteiger partial charge >= 0.3 is 0 Å². The number of nitrogens with zero attached hydrogens (tertiary/aromatic N) is 5. The van der Waals surface area contributed by atoms with Crippen molar-refractivity contribution in [2.24, 2.45) is 0 Å². The molecule has 0 aliphatic carbocycles. The summed E-state index contributed by atoms with van der Waals surface area (Å²) < 4.78 is 55.3. The quantitative estimate of drug-likeness (QED) is 0.377. The smallest absolute Gasteiger partial charge is 0.256 e. The number of likely N-dealkylation sites (tertiary alicyclic amines) is 1. The third-order valence-electron chi connectivity index (χ3n) is 7.20. The molecule has 3 aromatic rings. The van der Waals surface area contributed by atoms with E-state index in [0.29, 0.717) is 23.3 Å². The zero-order valence-corrected chi connectivity index (χ0v) is 23.4. The maximum Gasteiger partial charge on any atom is 0.256 e. The molecule has 0 bridgehead atoms. The van der Waals surface area contributed by atoms with E-state index in [1.54, 1.807) is 11.0 Å². The lowest BCUT2D eigenvalue weighted by Crippen LogP contribution is -2.42. The number of alkyl halides is 1. The number of hydrogen-bond acceptors (Lipinski definition) is 8. The average molecular weight is 557 g/mol. The van der Waals surface area contributed by atoms with Crippen molar-refractivity contribution in [1.29, 1.82) is 0 Å². The number of rotatable bonds is 7. The summed E-state index contributed by atoms with van der Waals surface area (Å²) in [5.41, 5.74) is 1.48. The number of fused-ring (bicyclic) bond motifs is 1. The lowest BCUT2D eigenvalue weighted by Gasteiger charge is -2.36. The Morgan fingerprint density at radius 3 is 2.50 bits per heavy atom. The van der Waals surface area contributed by atoms with Gasteiger partial charge in [0.05, 0.1) is 24.5 Å². The fourth-order valence-corrected chi connectivity index (χ4v) is 5.17. The molecule has 2 aliphatic heterocycles. The number of halogens is 3. The fraction of sp³-hybridized carbons (Fsp3) is 0.483. The molecule has 1 fully saturated rings. The maximum absolute atomic E-state index is 15.0. The maximum atomic E-state index is 15.0. The Labute approximate surface area is 232 Å². The molecular weight excluding hydrogens is 521 g/mol. The van der Waals surface area contributed by atoms with Gasteiger partial charge in [0, 0.05) is 17.2 Å². The van der Waals surface area contributed by atoms with Crippen LogP contribution in [0, 0.1) is 11.6 Å². The highest BCUT2D eigenvalue weighted by Gasteiger charge is 2.31. The average Bonchev–Trinajstić information content (AvgIpc) is 2.90. The predicted octanol–water partition coefficient (Wildman–Crippen LogP) is 6.06. The normalized spacial score (nSPS) is 18.1. The van der Waals surface area contributed by atoms with Gasteiger partial charge in [-0.05, 0) is 90.9 Å². The second-order valence-corrected chi connectivity index (χ2v) is 10.9. The van der Waals surface area contributed by atoms with E-state index < -0.39 is 18.0 Å². The summed E-state index contributed by atoms with van der Waals surface area (Å²) in [6.45, 7) is 9.59. The Morgan fingerprint density at radius 2 is 1.80 bits per heavy atom. The van der Waals surface area contributed by atoms with Gasteiger partial charge in [0.2, 0.25) is 11.8 Å². The summed E-state index contributed by atoms with van der Waals surface area (Å²) in [7, 11) is 2.12. The molecule has 40 heavy (non-hydrogen) atoms. The number of pyridine rings is 1. The van der Waals surface area contributed by atoms with Crippen molar-refractivity contribution in [3.8, 4) is 22.9 Å².